The number of carboxylic acid groups (broad SMARTS) is 1. The van der Waals surface area contributed by atoms with Gasteiger partial charge in [0.2, 0.25) is 10.0 Å². The highest BCUT2D eigenvalue weighted by Gasteiger charge is 2.33. The lowest BCUT2D eigenvalue weighted by molar-refractivity contribution is -0.143. The van der Waals surface area contributed by atoms with Crippen LogP contribution in [0.1, 0.15) is 29.6 Å². The molecule has 132 valence electrons. The van der Waals surface area contributed by atoms with E-state index in [1.807, 2.05) is 0 Å². The SMILES string of the molecule is CN(C)S(=O)(=O)c1cc(C(=O)N2CCCCC2C(=O)O)ccc1Cl. The molecule has 0 spiro atoms. The second-order valence-corrected chi connectivity index (χ2v) is 8.31. The van der Waals surface area contributed by atoms with E-state index in [0.29, 0.717) is 19.4 Å². The van der Waals surface area contributed by atoms with Gasteiger partial charge in [0.25, 0.3) is 5.91 Å². The minimum Gasteiger partial charge on any atom is -0.480 e. The Hall–Kier alpha value is -1.64. The molecular weight excluding hydrogens is 356 g/mol. The van der Waals surface area contributed by atoms with Crippen LogP contribution in [0.15, 0.2) is 23.1 Å². The highest BCUT2D eigenvalue weighted by atomic mass is 35.5. The fraction of sp³-hybridized carbons (Fsp3) is 0.467. The third-order valence-electron chi connectivity index (χ3n) is 3.99. The summed E-state index contributed by atoms with van der Waals surface area (Å²) in [6, 6.07) is 3.06. The van der Waals surface area contributed by atoms with E-state index in [9.17, 15) is 23.1 Å². The van der Waals surface area contributed by atoms with Crippen LogP contribution in [0, 0.1) is 0 Å². The van der Waals surface area contributed by atoms with Gasteiger partial charge < -0.3 is 10.0 Å². The van der Waals surface area contributed by atoms with Gasteiger partial charge >= 0.3 is 5.97 Å². The molecule has 2 rings (SSSR count). The van der Waals surface area contributed by atoms with Crippen molar-refractivity contribution in [3.63, 3.8) is 0 Å². The Morgan fingerprint density at radius 2 is 1.96 bits per heavy atom. The van der Waals surface area contributed by atoms with Crippen molar-refractivity contribution in [2.24, 2.45) is 0 Å². The van der Waals surface area contributed by atoms with E-state index in [1.54, 1.807) is 0 Å². The molecule has 1 aliphatic heterocycles. The lowest BCUT2D eigenvalue weighted by Crippen LogP contribution is -2.48. The Morgan fingerprint density at radius 3 is 2.54 bits per heavy atom. The largest absolute Gasteiger partial charge is 0.480 e. The lowest BCUT2D eigenvalue weighted by atomic mass is 10.0. The Labute approximate surface area is 145 Å². The summed E-state index contributed by atoms with van der Waals surface area (Å²) in [7, 11) is -1.08. The van der Waals surface area contributed by atoms with E-state index >= 15 is 0 Å². The van der Waals surface area contributed by atoms with Crippen LogP contribution in [0.3, 0.4) is 0 Å². The van der Waals surface area contributed by atoms with Crippen molar-refractivity contribution < 1.29 is 23.1 Å². The summed E-state index contributed by atoms with van der Waals surface area (Å²) < 4.78 is 25.6. The average Bonchev–Trinajstić information content (AvgIpc) is 2.54. The molecule has 1 heterocycles. The molecule has 0 radical (unpaired) electrons. The van der Waals surface area contributed by atoms with E-state index in [4.69, 9.17) is 11.6 Å². The quantitative estimate of drug-likeness (QED) is 0.864. The average molecular weight is 375 g/mol. The van der Waals surface area contributed by atoms with Crippen LogP contribution < -0.4 is 0 Å². The van der Waals surface area contributed by atoms with Crippen molar-refractivity contribution >= 4 is 33.5 Å². The number of carbonyl (C=O) groups is 2. The first-order valence-electron chi connectivity index (χ1n) is 7.42. The molecule has 1 aromatic rings. The van der Waals surface area contributed by atoms with Gasteiger partial charge in [-0.3, -0.25) is 4.79 Å². The topological polar surface area (TPSA) is 95.0 Å². The minimum absolute atomic E-state index is 0.00804. The normalized spacial score (nSPS) is 18.7. The van der Waals surface area contributed by atoms with Crippen molar-refractivity contribution in [3.8, 4) is 0 Å². The predicted molar refractivity (Wildman–Crippen MR) is 88.6 cm³/mol. The molecule has 24 heavy (non-hydrogen) atoms. The molecule has 1 saturated heterocycles. The van der Waals surface area contributed by atoms with Gasteiger partial charge in [-0.1, -0.05) is 11.6 Å². The lowest BCUT2D eigenvalue weighted by Gasteiger charge is -2.33. The van der Waals surface area contributed by atoms with E-state index in [1.165, 1.54) is 37.2 Å². The summed E-state index contributed by atoms with van der Waals surface area (Å²) in [4.78, 5) is 25.1. The smallest absolute Gasteiger partial charge is 0.326 e. The van der Waals surface area contributed by atoms with E-state index in [0.717, 1.165) is 10.7 Å². The maximum atomic E-state index is 12.7. The van der Waals surface area contributed by atoms with Gasteiger partial charge in [0.15, 0.2) is 0 Å². The third-order valence-corrected chi connectivity index (χ3v) is 6.28. The third kappa shape index (κ3) is 3.55. The number of halogens is 1. The molecule has 1 N–H and O–H groups in total. The highest BCUT2D eigenvalue weighted by Crippen LogP contribution is 2.27. The van der Waals surface area contributed by atoms with Crippen LogP contribution in [0.25, 0.3) is 0 Å². The van der Waals surface area contributed by atoms with Crippen LogP contribution in [-0.2, 0) is 14.8 Å². The van der Waals surface area contributed by atoms with Crippen LogP contribution in [-0.4, -0.2) is 61.3 Å². The monoisotopic (exact) mass is 374 g/mol. The van der Waals surface area contributed by atoms with Gasteiger partial charge in [-0.25, -0.2) is 17.5 Å². The summed E-state index contributed by atoms with van der Waals surface area (Å²) in [5.41, 5.74) is 0.105. The standard InChI is InChI=1S/C15H19ClN2O5S/c1-17(2)24(22,23)13-9-10(6-7-11(13)16)14(19)18-8-4-3-5-12(18)15(20)21/h6-7,9,12H,3-5,8H2,1-2H3,(H,20,21). The van der Waals surface area contributed by atoms with Crippen LogP contribution in [0.2, 0.25) is 5.02 Å². The van der Waals surface area contributed by atoms with Gasteiger partial charge in [-0.05, 0) is 37.5 Å². The molecule has 1 atom stereocenters. The molecule has 0 aliphatic carbocycles. The zero-order chi connectivity index (χ0) is 18.1. The first-order chi connectivity index (χ1) is 11.2. The highest BCUT2D eigenvalue weighted by molar-refractivity contribution is 7.89. The Kier molecular flexibility index (Phi) is 5.52. The fourth-order valence-corrected chi connectivity index (χ4v) is 4.02. The molecule has 1 aromatic carbocycles. The Morgan fingerprint density at radius 1 is 1.29 bits per heavy atom. The Balaban J connectivity index is 2.42. The number of likely N-dealkylation sites (tertiary alicyclic amines) is 1. The first-order valence-corrected chi connectivity index (χ1v) is 9.24. The predicted octanol–water partition coefficient (Wildman–Crippen LogP) is 1.67. The second-order valence-electron chi connectivity index (χ2n) is 5.78. The number of rotatable bonds is 4. The van der Waals surface area contributed by atoms with Gasteiger partial charge in [0.1, 0.15) is 10.9 Å². The molecule has 1 aliphatic rings. The summed E-state index contributed by atoms with van der Waals surface area (Å²) in [6.45, 7) is 0.328. The number of piperidine rings is 1. The van der Waals surface area contributed by atoms with Gasteiger partial charge in [-0.2, -0.15) is 0 Å². The van der Waals surface area contributed by atoms with Crippen molar-refractivity contribution in [1.29, 1.82) is 0 Å². The molecule has 7 nitrogen and oxygen atoms in total. The molecule has 9 heteroatoms. The van der Waals surface area contributed by atoms with Gasteiger partial charge in [0.05, 0.1) is 5.02 Å². The zero-order valence-corrected chi connectivity index (χ0v) is 15.0. The van der Waals surface area contributed by atoms with Gasteiger partial charge in [-0.15, -0.1) is 0 Å². The van der Waals surface area contributed by atoms with E-state index < -0.39 is 27.9 Å². The number of sulfonamides is 1. The van der Waals surface area contributed by atoms with Crippen LogP contribution in [0.5, 0.6) is 0 Å². The summed E-state index contributed by atoms with van der Waals surface area (Å²) in [5.74, 6) is -1.56. The number of nitrogens with zero attached hydrogens (tertiary/aromatic N) is 2. The minimum atomic E-state index is -3.81. The number of amides is 1. The molecule has 0 saturated carbocycles. The molecule has 0 aromatic heterocycles. The van der Waals surface area contributed by atoms with Crippen molar-refractivity contribution in [1.82, 2.24) is 9.21 Å². The summed E-state index contributed by atoms with van der Waals surface area (Å²) >= 11 is 5.97. The first kappa shape index (κ1) is 18.7. The Bertz CT molecular complexity index is 763. The number of hydrogen-bond acceptors (Lipinski definition) is 4. The van der Waals surface area contributed by atoms with Crippen molar-refractivity contribution in [2.75, 3.05) is 20.6 Å². The molecule has 1 amide bonds. The maximum absolute atomic E-state index is 12.7. The van der Waals surface area contributed by atoms with Gasteiger partial charge in [0, 0.05) is 26.2 Å². The molecular formula is C15H19ClN2O5S. The van der Waals surface area contributed by atoms with E-state index in [2.05, 4.69) is 0 Å². The number of hydrogen-bond donors (Lipinski definition) is 1. The van der Waals surface area contributed by atoms with Crippen LogP contribution >= 0.6 is 11.6 Å². The zero-order valence-electron chi connectivity index (χ0n) is 13.4. The number of benzene rings is 1. The molecule has 1 fully saturated rings. The maximum Gasteiger partial charge on any atom is 0.326 e. The number of aliphatic carboxylic acids is 1. The van der Waals surface area contributed by atoms with Crippen LogP contribution in [0.4, 0.5) is 0 Å². The number of carbonyl (C=O) groups excluding carboxylic acids is 1. The van der Waals surface area contributed by atoms with Crippen molar-refractivity contribution in [2.45, 2.75) is 30.2 Å². The summed E-state index contributed by atoms with van der Waals surface area (Å²) in [6.07, 6.45) is 1.84. The summed E-state index contributed by atoms with van der Waals surface area (Å²) in [5, 5.41) is 9.30. The molecule has 1 unspecified atom stereocenters. The van der Waals surface area contributed by atoms with Crippen molar-refractivity contribution in [3.05, 3.63) is 28.8 Å². The molecule has 0 bridgehead atoms. The fourth-order valence-electron chi connectivity index (χ4n) is 2.63. The number of carboxylic acids is 1. The second kappa shape index (κ2) is 7.08. The van der Waals surface area contributed by atoms with E-state index in [-0.39, 0.29) is 15.5 Å².